The van der Waals surface area contributed by atoms with Gasteiger partial charge in [0.15, 0.2) is 0 Å². The summed E-state index contributed by atoms with van der Waals surface area (Å²) < 4.78 is 52.3. The number of carbonyl (C=O) groups is 1. The van der Waals surface area contributed by atoms with Crippen molar-refractivity contribution in [1.82, 2.24) is 9.55 Å². The number of aromatic carboxylic acids is 1. The Morgan fingerprint density at radius 2 is 1.80 bits per heavy atom. The molecule has 184 valence electrons. The number of halogens is 3. The molecule has 0 fully saturated rings. The molecular weight excluding hydrogens is 461 g/mol. The molecule has 4 aromatic rings. The second-order valence-corrected chi connectivity index (χ2v) is 8.82. The van der Waals surface area contributed by atoms with Gasteiger partial charge in [-0.05, 0) is 54.4 Å². The molecule has 1 N–H and O–H groups in total. The van der Waals surface area contributed by atoms with Crippen LogP contribution in [0.1, 0.15) is 60.1 Å². The summed E-state index contributed by atoms with van der Waals surface area (Å²) in [6.07, 6.45) is -4.41. The second kappa shape index (κ2) is 9.13. The SMILES string of the molecule is CC(C)c1nc(-c2ccc(C(F)(F)F)cc2)oc1C(C)COc1ccc2c(c1)cc(C(=O)O)n2C. The van der Waals surface area contributed by atoms with E-state index in [4.69, 9.17) is 9.15 Å². The largest absolute Gasteiger partial charge is 0.493 e. The van der Waals surface area contributed by atoms with E-state index in [0.717, 1.165) is 28.7 Å². The third kappa shape index (κ3) is 4.89. The summed E-state index contributed by atoms with van der Waals surface area (Å²) in [5, 5.41) is 10.1. The molecule has 1 atom stereocenters. The Kier molecular flexibility index (Phi) is 6.36. The van der Waals surface area contributed by atoms with E-state index in [2.05, 4.69) is 4.98 Å². The van der Waals surface area contributed by atoms with Crippen molar-refractivity contribution >= 4 is 16.9 Å². The average molecular weight is 486 g/mol. The number of nitrogens with zero attached hydrogens (tertiary/aromatic N) is 2. The maximum Gasteiger partial charge on any atom is 0.416 e. The van der Waals surface area contributed by atoms with Crippen LogP contribution in [0.3, 0.4) is 0 Å². The van der Waals surface area contributed by atoms with Crippen LogP contribution in [0.2, 0.25) is 0 Å². The second-order valence-electron chi connectivity index (χ2n) is 8.82. The zero-order chi connectivity index (χ0) is 25.5. The predicted molar refractivity (Wildman–Crippen MR) is 125 cm³/mol. The number of fused-ring (bicyclic) bond motifs is 1. The van der Waals surface area contributed by atoms with Gasteiger partial charge in [0.2, 0.25) is 5.89 Å². The summed E-state index contributed by atoms with van der Waals surface area (Å²) in [5.74, 6) is 0.300. The van der Waals surface area contributed by atoms with Gasteiger partial charge in [0.05, 0.1) is 23.8 Å². The van der Waals surface area contributed by atoms with E-state index in [1.807, 2.05) is 20.8 Å². The minimum absolute atomic E-state index is 0.0366. The Hall–Kier alpha value is -3.75. The fourth-order valence-corrected chi connectivity index (χ4v) is 3.96. The van der Waals surface area contributed by atoms with Gasteiger partial charge in [-0.3, -0.25) is 0 Å². The predicted octanol–water partition coefficient (Wildman–Crippen LogP) is 6.86. The van der Waals surface area contributed by atoms with Crippen LogP contribution in [-0.4, -0.2) is 27.2 Å². The highest BCUT2D eigenvalue weighted by Crippen LogP contribution is 2.34. The van der Waals surface area contributed by atoms with Gasteiger partial charge in [0.25, 0.3) is 0 Å². The number of rotatable bonds is 7. The zero-order valence-corrected chi connectivity index (χ0v) is 19.7. The van der Waals surface area contributed by atoms with Crippen molar-refractivity contribution < 1.29 is 32.2 Å². The first-order valence-corrected chi connectivity index (χ1v) is 11.1. The Bertz CT molecular complexity index is 1370. The van der Waals surface area contributed by atoms with E-state index in [1.54, 1.807) is 35.9 Å². The van der Waals surface area contributed by atoms with Crippen molar-refractivity contribution in [2.45, 2.75) is 38.8 Å². The lowest BCUT2D eigenvalue weighted by Gasteiger charge is -2.13. The smallest absolute Gasteiger partial charge is 0.416 e. The van der Waals surface area contributed by atoms with Crippen LogP contribution in [0.15, 0.2) is 52.9 Å². The summed E-state index contributed by atoms with van der Waals surface area (Å²) >= 11 is 0. The average Bonchev–Trinajstić information content (AvgIpc) is 3.39. The number of benzene rings is 2. The number of carboxylic acids is 1. The van der Waals surface area contributed by atoms with Gasteiger partial charge in [-0.25, -0.2) is 9.78 Å². The number of hydrogen-bond acceptors (Lipinski definition) is 4. The summed E-state index contributed by atoms with van der Waals surface area (Å²) in [5.41, 5.74) is 1.42. The van der Waals surface area contributed by atoms with Crippen molar-refractivity contribution in [2.24, 2.45) is 7.05 Å². The van der Waals surface area contributed by atoms with Crippen molar-refractivity contribution in [2.75, 3.05) is 6.61 Å². The minimum Gasteiger partial charge on any atom is -0.493 e. The third-order valence-electron chi connectivity index (χ3n) is 5.87. The molecule has 6 nitrogen and oxygen atoms in total. The van der Waals surface area contributed by atoms with Crippen molar-refractivity contribution in [3.63, 3.8) is 0 Å². The fourth-order valence-electron chi connectivity index (χ4n) is 3.96. The number of hydrogen-bond donors (Lipinski definition) is 1. The van der Waals surface area contributed by atoms with Gasteiger partial charge in [-0.1, -0.05) is 20.8 Å². The third-order valence-corrected chi connectivity index (χ3v) is 5.87. The molecule has 0 aliphatic rings. The molecule has 2 aromatic carbocycles. The monoisotopic (exact) mass is 486 g/mol. The van der Waals surface area contributed by atoms with Crippen molar-refractivity contribution in [3.05, 3.63) is 71.2 Å². The first-order chi connectivity index (χ1) is 16.5. The quantitative estimate of drug-likeness (QED) is 0.309. The highest BCUT2D eigenvalue weighted by molar-refractivity contribution is 5.95. The van der Waals surface area contributed by atoms with Crippen LogP contribution in [-0.2, 0) is 13.2 Å². The Morgan fingerprint density at radius 3 is 2.40 bits per heavy atom. The number of ether oxygens (including phenoxy) is 1. The molecule has 1 unspecified atom stereocenters. The first-order valence-electron chi connectivity index (χ1n) is 11.1. The topological polar surface area (TPSA) is 77.5 Å². The summed E-state index contributed by atoms with van der Waals surface area (Å²) in [6.45, 7) is 6.13. The fraction of sp³-hybridized carbons (Fsp3) is 0.308. The molecule has 0 bridgehead atoms. The van der Waals surface area contributed by atoms with Gasteiger partial charge in [0, 0.05) is 23.5 Å². The van der Waals surface area contributed by atoms with E-state index in [-0.39, 0.29) is 30.0 Å². The molecule has 0 radical (unpaired) electrons. The lowest BCUT2D eigenvalue weighted by Crippen LogP contribution is -2.09. The molecule has 4 rings (SSSR count). The number of oxazole rings is 1. The van der Waals surface area contributed by atoms with Crippen LogP contribution >= 0.6 is 0 Å². The standard InChI is InChI=1S/C26H25F3N2O4/c1-14(2)22-23(35-24(30-22)16-5-7-18(8-6-16)26(27,28)29)15(3)13-34-19-9-10-20-17(11-19)12-21(25(32)33)31(20)4/h5-12,14-15H,13H2,1-4H3,(H,32,33). The Balaban J connectivity index is 1.54. The zero-order valence-electron chi connectivity index (χ0n) is 19.7. The molecule has 35 heavy (non-hydrogen) atoms. The van der Waals surface area contributed by atoms with E-state index >= 15 is 0 Å². The molecule has 2 aromatic heterocycles. The van der Waals surface area contributed by atoms with E-state index in [0.29, 0.717) is 17.1 Å². The number of aromatic nitrogens is 2. The number of alkyl halides is 3. The van der Waals surface area contributed by atoms with Crippen LogP contribution in [0.25, 0.3) is 22.4 Å². The van der Waals surface area contributed by atoms with Gasteiger partial charge < -0.3 is 18.8 Å². The van der Waals surface area contributed by atoms with Gasteiger partial charge in [-0.15, -0.1) is 0 Å². The van der Waals surface area contributed by atoms with Gasteiger partial charge >= 0.3 is 12.1 Å². The maximum atomic E-state index is 12.9. The number of carboxylic acid groups (broad SMARTS) is 1. The van der Waals surface area contributed by atoms with Crippen molar-refractivity contribution in [1.29, 1.82) is 0 Å². The van der Waals surface area contributed by atoms with Crippen LogP contribution in [0.5, 0.6) is 5.75 Å². The Labute approximate surface area is 200 Å². The van der Waals surface area contributed by atoms with Gasteiger partial charge in [-0.2, -0.15) is 13.2 Å². The lowest BCUT2D eigenvalue weighted by molar-refractivity contribution is -0.137. The van der Waals surface area contributed by atoms with Gasteiger partial charge in [0.1, 0.15) is 17.2 Å². The summed E-state index contributed by atoms with van der Waals surface area (Å²) in [7, 11) is 1.69. The molecule has 0 saturated carbocycles. The molecule has 0 aliphatic carbocycles. The minimum atomic E-state index is -4.41. The molecule has 0 aliphatic heterocycles. The van der Waals surface area contributed by atoms with Crippen molar-refractivity contribution in [3.8, 4) is 17.2 Å². The Morgan fingerprint density at radius 1 is 1.11 bits per heavy atom. The summed E-state index contributed by atoms with van der Waals surface area (Å²) in [4.78, 5) is 15.9. The van der Waals surface area contributed by atoms with E-state index in [1.165, 1.54) is 12.1 Å². The lowest BCUT2D eigenvalue weighted by atomic mass is 10.0. The van der Waals surface area contributed by atoms with Crippen LogP contribution in [0, 0.1) is 0 Å². The normalized spacial score (nSPS) is 12.9. The first kappa shape index (κ1) is 24.4. The van der Waals surface area contributed by atoms with E-state index < -0.39 is 17.7 Å². The molecule has 2 heterocycles. The molecule has 0 spiro atoms. The van der Waals surface area contributed by atoms with E-state index in [9.17, 15) is 23.1 Å². The van der Waals surface area contributed by atoms with Crippen LogP contribution < -0.4 is 4.74 Å². The highest BCUT2D eigenvalue weighted by Gasteiger charge is 2.30. The molecular formula is C26H25F3N2O4. The highest BCUT2D eigenvalue weighted by atomic mass is 19.4. The molecule has 9 heteroatoms. The van der Waals surface area contributed by atoms with Crippen LogP contribution in [0.4, 0.5) is 13.2 Å². The molecule has 0 saturated heterocycles. The maximum absolute atomic E-state index is 12.9. The summed E-state index contributed by atoms with van der Waals surface area (Å²) in [6, 6.07) is 11.7. The molecule has 0 amide bonds. The number of aryl methyl sites for hydroxylation is 1.